The molecule has 0 saturated heterocycles. The van der Waals surface area contributed by atoms with Crippen LogP contribution in [0.3, 0.4) is 0 Å². The Morgan fingerprint density at radius 3 is 2.88 bits per heavy atom. The number of carbonyl (C=O) groups is 3. The number of anilines is 1. The molecule has 0 radical (unpaired) electrons. The van der Waals surface area contributed by atoms with Crippen LogP contribution in [-0.2, 0) is 14.3 Å². The van der Waals surface area contributed by atoms with Gasteiger partial charge in [-0.25, -0.2) is 4.79 Å². The van der Waals surface area contributed by atoms with E-state index in [0.717, 1.165) is 17.9 Å². The standard InChI is InChI=1S/C18H22N2O4S/c1-2-7-20(9-12-3-4-12)17(22)10-24-18(23)13-5-6-15-14(8-13)19-16(21)11-25-15/h5-6,8,12H,2-4,7,9-11H2,1H3,(H,19,21). The minimum atomic E-state index is -0.552. The van der Waals surface area contributed by atoms with Gasteiger partial charge in [0.25, 0.3) is 5.91 Å². The van der Waals surface area contributed by atoms with Crippen molar-refractivity contribution >= 4 is 35.2 Å². The van der Waals surface area contributed by atoms with Crippen LogP contribution >= 0.6 is 11.8 Å². The number of carbonyl (C=O) groups excluding carboxylic acids is 3. The molecular formula is C18H22N2O4S. The molecule has 0 atom stereocenters. The number of nitrogens with one attached hydrogen (secondary N) is 1. The zero-order valence-corrected chi connectivity index (χ0v) is 15.1. The molecule has 134 valence electrons. The van der Waals surface area contributed by atoms with Crippen LogP contribution in [0.4, 0.5) is 5.69 Å². The summed E-state index contributed by atoms with van der Waals surface area (Å²) in [5.74, 6) is 0.189. The molecule has 1 N–H and O–H groups in total. The van der Waals surface area contributed by atoms with E-state index in [4.69, 9.17) is 4.74 Å². The third-order valence-electron chi connectivity index (χ3n) is 4.20. The van der Waals surface area contributed by atoms with Crippen molar-refractivity contribution in [2.75, 3.05) is 30.8 Å². The summed E-state index contributed by atoms with van der Waals surface area (Å²) >= 11 is 1.43. The Kier molecular flexibility index (Phi) is 5.63. The van der Waals surface area contributed by atoms with E-state index < -0.39 is 5.97 Å². The molecule has 2 aliphatic rings. The highest BCUT2D eigenvalue weighted by Gasteiger charge is 2.27. The van der Waals surface area contributed by atoms with Crippen molar-refractivity contribution in [1.82, 2.24) is 4.90 Å². The van der Waals surface area contributed by atoms with Gasteiger partial charge in [0, 0.05) is 18.0 Å². The Hall–Kier alpha value is -2.02. The zero-order valence-electron chi connectivity index (χ0n) is 14.2. The molecule has 0 aromatic heterocycles. The first-order valence-corrected chi connectivity index (χ1v) is 9.57. The van der Waals surface area contributed by atoms with E-state index in [0.29, 0.717) is 29.5 Å². The first-order chi connectivity index (χ1) is 12.1. The Labute approximate surface area is 151 Å². The van der Waals surface area contributed by atoms with E-state index in [1.54, 1.807) is 23.1 Å². The molecule has 2 amide bonds. The maximum atomic E-state index is 12.3. The van der Waals surface area contributed by atoms with Crippen molar-refractivity contribution in [1.29, 1.82) is 0 Å². The Morgan fingerprint density at radius 2 is 2.16 bits per heavy atom. The summed E-state index contributed by atoms with van der Waals surface area (Å²) in [7, 11) is 0. The fourth-order valence-corrected chi connectivity index (χ4v) is 3.50. The number of ether oxygens (including phenoxy) is 1. The maximum Gasteiger partial charge on any atom is 0.338 e. The van der Waals surface area contributed by atoms with Crippen molar-refractivity contribution in [3.8, 4) is 0 Å². The molecule has 0 spiro atoms. The quantitative estimate of drug-likeness (QED) is 0.755. The summed E-state index contributed by atoms with van der Waals surface area (Å²) in [6.07, 6.45) is 3.23. The monoisotopic (exact) mass is 362 g/mol. The number of benzene rings is 1. The molecule has 0 bridgehead atoms. The van der Waals surface area contributed by atoms with E-state index in [9.17, 15) is 14.4 Å². The Morgan fingerprint density at radius 1 is 1.36 bits per heavy atom. The number of nitrogens with zero attached hydrogens (tertiary/aromatic N) is 1. The van der Waals surface area contributed by atoms with Gasteiger partial charge < -0.3 is 15.0 Å². The number of hydrogen-bond donors (Lipinski definition) is 1. The fraction of sp³-hybridized carbons (Fsp3) is 0.500. The molecule has 25 heavy (non-hydrogen) atoms. The molecule has 6 nitrogen and oxygen atoms in total. The second kappa shape index (κ2) is 7.91. The number of esters is 1. The number of fused-ring (bicyclic) bond motifs is 1. The van der Waals surface area contributed by atoms with Crippen LogP contribution in [0.1, 0.15) is 36.5 Å². The van der Waals surface area contributed by atoms with Gasteiger partial charge in [-0.15, -0.1) is 11.8 Å². The highest BCUT2D eigenvalue weighted by Crippen LogP contribution is 2.32. The van der Waals surface area contributed by atoms with Crippen LogP contribution in [0.15, 0.2) is 23.1 Å². The van der Waals surface area contributed by atoms with E-state index >= 15 is 0 Å². The third kappa shape index (κ3) is 4.75. The van der Waals surface area contributed by atoms with Gasteiger partial charge in [0.1, 0.15) is 0 Å². The van der Waals surface area contributed by atoms with Crippen molar-refractivity contribution < 1.29 is 19.1 Å². The maximum absolute atomic E-state index is 12.3. The van der Waals surface area contributed by atoms with Crippen LogP contribution < -0.4 is 5.32 Å². The molecule has 1 aliphatic carbocycles. The minimum Gasteiger partial charge on any atom is -0.452 e. The van der Waals surface area contributed by atoms with Gasteiger partial charge in [-0.2, -0.15) is 0 Å². The molecular weight excluding hydrogens is 340 g/mol. The topological polar surface area (TPSA) is 75.7 Å². The van der Waals surface area contributed by atoms with Crippen molar-refractivity contribution in [2.24, 2.45) is 5.92 Å². The lowest BCUT2D eigenvalue weighted by Gasteiger charge is -2.22. The van der Waals surface area contributed by atoms with Crippen molar-refractivity contribution in [2.45, 2.75) is 31.1 Å². The summed E-state index contributed by atoms with van der Waals surface area (Å²) in [4.78, 5) is 38.7. The van der Waals surface area contributed by atoms with E-state index in [1.165, 1.54) is 24.6 Å². The SMILES string of the molecule is CCCN(CC1CC1)C(=O)COC(=O)c1ccc2c(c1)NC(=O)CS2. The third-order valence-corrected chi connectivity index (χ3v) is 5.27. The van der Waals surface area contributed by atoms with E-state index in [1.807, 2.05) is 6.92 Å². The van der Waals surface area contributed by atoms with E-state index in [-0.39, 0.29) is 18.4 Å². The van der Waals surface area contributed by atoms with Gasteiger partial charge in [0.15, 0.2) is 6.61 Å². The predicted molar refractivity (Wildman–Crippen MR) is 95.7 cm³/mol. The second-order valence-electron chi connectivity index (χ2n) is 6.41. The van der Waals surface area contributed by atoms with Crippen LogP contribution in [0, 0.1) is 5.92 Å². The van der Waals surface area contributed by atoms with Crippen LogP contribution in [0.5, 0.6) is 0 Å². The lowest BCUT2D eigenvalue weighted by molar-refractivity contribution is -0.134. The lowest BCUT2D eigenvalue weighted by Crippen LogP contribution is -2.36. The van der Waals surface area contributed by atoms with Gasteiger partial charge in [0.05, 0.1) is 17.0 Å². The van der Waals surface area contributed by atoms with Gasteiger partial charge in [0.2, 0.25) is 5.91 Å². The number of hydrogen-bond acceptors (Lipinski definition) is 5. The highest BCUT2D eigenvalue weighted by atomic mass is 32.2. The first kappa shape index (κ1) is 17.8. The van der Waals surface area contributed by atoms with Gasteiger partial charge in [-0.05, 0) is 43.4 Å². The molecule has 7 heteroatoms. The molecule has 1 heterocycles. The highest BCUT2D eigenvalue weighted by molar-refractivity contribution is 8.00. The number of thioether (sulfide) groups is 1. The van der Waals surface area contributed by atoms with Gasteiger partial charge in [-0.1, -0.05) is 6.92 Å². The van der Waals surface area contributed by atoms with Crippen molar-refractivity contribution in [3.05, 3.63) is 23.8 Å². The minimum absolute atomic E-state index is 0.0894. The van der Waals surface area contributed by atoms with Gasteiger partial charge >= 0.3 is 5.97 Å². The number of amides is 2. The average Bonchev–Trinajstić information content (AvgIpc) is 3.42. The van der Waals surface area contributed by atoms with Crippen molar-refractivity contribution in [3.63, 3.8) is 0 Å². The molecule has 3 rings (SSSR count). The molecule has 0 unspecified atom stereocenters. The summed E-state index contributed by atoms with van der Waals surface area (Å²) in [6, 6.07) is 5.04. The average molecular weight is 362 g/mol. The first-order valence-electron chi connectivity index (χ1n) is 8.58. The molecule has 1 aromatic carbocycles. The fourth-order valence-electron chi connectivity index (χ4n) is 2.71. The van der Waals surface area contributed by atoms with Crippen LogP contribution in [0.2, 0.25) is 0 Å². The Balaban J connectivity index is 1.57. The second-order valence-corrected chi connectivity index (χ2v) is 7.42. The molecule has 1 fully saturated rings. The number of rotatable bonds is 7. The molecule has 1 aromatic rings. The van der Waals surface area contributed by atoms with Crippen LogP contribution in [-0.4, -0.2) is 48.1 Å². The largest absolute Gasteiger partial charge is 0.452 e. The molecule has 1 aliphatic heterocycles. The van der Waals surface area contributed by atoms with Crippen LogP contribution in [0.25, 0.3) is 0 Å². The summed E-state index contributed by atoms with van der Waals surface area (Å²) in [5, 5.41) is 2.74. The van der Waals surface area contributed by atoms with Gasteiger partial charge in [-0.3, -0.25) is 9.59 Å². The normalized spacial score (nSPS) is 16.0. The molecule has 1 saturated carbocycles. The lowest BCUT2D eigenvalue weighted by atomic mass is 10.2. The Bertz CT molecular complexity index is 688. The summed E-state index contributed by atoms with van der Waals surface area (Å²) < 4.78 is 5.19. The van der Waals surface area contributed by atoms with E-state index in [2.05, 4.69) is 5.32 Å². The zero-order chi connectivity index (χ0) is 17.8. The summed E-state index contributed by atoms with van der Waals surface area (Å²) in [6.45, 7) is 3.23. The smallest absolute Gasteiger partial charge is 0.338 e. The summed E-state index contributed by atoms with van der Waals surface area (Å²) in [5.41, 5.74) is 0.946. The predicted octanol–water partition coefficient (Wildman–Crippen LogP) is 2.54.